The summed E-state index contributed by atoms with van der Waals surface area (Å²) >= 11 is 0. The van der Waals surface area contributed by atoms with Gasteiger partial charge in [0.25, 0.3) is 0 Å². The minimum Gasteiger partial charge on any atom is -0.491 e. The number of rotatable bonds is 5. The summed E-state index contributed by atoms with van der Waals surface area (Å²) in [7, 11) is 4.04. The molecule has 2 fully saturated rings. The summed E-state index contributed by atoms with van der Waals surface area (Å²) in [5.41, 5.74) is 0.870. The van der Waals surface area contributed by atoms with E-state index in [1.54, 1.807) is 13.1 Å². The Hall–Kier alpha value is -1.82. The van der Waals surface area contributed by atoms with Crippen molar-refractivity contribution < 1.29 is 9.13 Å². The number of ether oxygens (including phenoxy) is 1. The molecular formula is C20H31FN4O. The first kappa shape index (κ1) is 19.0. The molecule has 1 aromatic rings. The van der Waals surface area contributed by atoms with Crippen molar-refractivity contribution in [1.29, 1.82) is 0 Å². The third-order valence-electron chi connectivity index (χ3n) is 5.66. The van der Waals surface area contributed by atoms with E-state index in [1.807, 2.05) is 13.0 Å². The Morgan fingerprint density at radius 1 is 1.31 bits per heavy atom. The van der Waals surface area contributed by atoms with Crippen LogP contribution in [-0.4, -0.2) is 49.7 Å². The van der Waals surface area contributed by atoms with Gasteiger partial charge in [-0.1, -0.05) is 12.5 Å². The first-order valence-corrected chi connectivity index (χ1v) is 9.71. The zero-order chi connectivity index (χ0) is 18.5. The molecule has 2 bridgehead atoms. The van der Waals surface area contributed by atoms with Gasteiger partial charge in [0.2, 0.25) is 0 Å². The molecule has 0 aliphatic carbocycles. The quantitative estimate of drug-likeness (QED) is 0.625. The molecule has 6 heteroatoms. The standard InChI is InChI=1S/C20H31FN4O/c1-4-26-19-9-8-14(10-18(19)21)13-23-20(22-2)24-15-11-16-6-5-7-17(12-15)25(16)3/h8-10,15-17H,4-7,11-13H2,1-3H3,(H2,22,23,24). The van der Waals surface area contributed by atoms with E-state index in [2.05, 4.69) is 27.6 Å². The molecule has 2 heterocycles. The molecule has 0 amide bonds. The van der Waals surface area contributed by atoms with E-state index in [-0.39, 0.29) is 5.82 Å². The number of halogens is 1. The van der Waals surface area contributed by atoms with E-state index in [4.69, 9.17) is 4.74 Å². The molecule has 26 heavy (non-hydrogen) atoms. The predicted molar refractivity (Wildman–Crippen MR) is 103 cm³/mol. The van der Waals surface area contributed by atoms with E-state index < -0.39 is 0 Å². The molecule has 2 saturated heterocycles. The number of nitrogens with one attached hydrogen (secondary N) is 2. The molecule has 0 saturated carbocycles. The van der Waals surface area contributed by atoms with Gasteiger partial charge in [-0.3, -0.25) is 4.99 Å². The van der Waals surface area contributed by atoms with E-state index in [1.165, 1.54) is 25.3 Å². The van der Waals surface area contributed by atoms with Gasteiger partial charge < -0.3 is 20.3 Å². The van der Waals surface area contributed by atoms with Crippen molar-refractivity contribution in [1.82, 2.24) is 15.5 Å². The highest BCUT2D eigenvalue weighted by atomic mass is 19.1. The molecular weight excluding hydrogens is 331 g/mol. The lowest BCUT2D eigenvalue weighted by Gasteiger charge is -2.47. The Bertz CT molecular complexity index is 622. The molecule has 0 aromatic heterocycles. The first-order valence-electron chi connectivity index (χ1n) is 9.71. The Kier molecular flexibility index (Phi) is 6.35. The number of aliphatic imine (C=N–C) groups is 1. The van der Waals surface area contributed by atoms with Crippen LogP contribution in [0.3, 0.4) is 0 Å². The number of nitrogens with zero attached hydrogens (tertiary/aromatic N) is 2. The van der Waals surface area contributed by atoms with Crippen molar-refractivity contribution in [3.63, 3.8) is 0 Å². The maximum Gasteiger partial charge on any atom is 0.191 e. The van der Waals surface area contributed by atoms with Crippen LogP contribution in [0.4, 0.5) is 4.39 Å². The van der Waals surface area contributed by atoms with Crippen LogP contribution in [0.2, 0.25) is 0 Å². The van der Waals surface area contributed by atoms with Crippen LogP contribution in [0.25, 0.3) is 0 Å². The molecule has 2 unspecified atom stereocenters. The molecule has 0 spiro atoms. The summed E-state index contributed by atoms with van der Waals surface area (Å²) in [5, 5.41) is 6.87. The zero-order valence-corrected chi connectivity index (χ0v) is 16.1. The predicted octanol–water partition coefficient (Wildman–Crippen LogP) is 2.90. The molecule has 144 valence electrons. The lowest BCUT2D eigenvalue weighted by molar-refractivity contribution is 0.0526. The second-order valence-electron chi connectivity index (χ2n) is 7.34. The summed E-state index contributed by atoms with van der Waals surface area (Å²) in [4.78, 5) is 6.90. The largest absolute Gasteiger partial charge is 0.491 e. The highest BCUT2D eigenvalue weighted by Crippen LogP contribution is 2.32. The number of piperidine rings is 2. The zero-order valence-electron chi connectivity index (χ0n) is 16.1. The highest BCUT2D eigenvalue weighted by Gasteiger charge is 2.36. The van der Waals surface area contributed by atoms with Gasteiger partial charge in [0.05, 0.1) is 6.61 Å². The molecule has 1 aromatic carbocycles. The summed E-state index contributed by atoms with van der Waals surface area (Å²) in [6.45, 7) is 2.84. The Morgan fingerprint density at radius 2 is 2.04 bits per heavy atom. The van der Waals surface area contributed by atoms with Crippen LogP contribution in [0, 0.1) is 5.82 Å². The van der Waals surface area contributed by atoms with Crippen LogP contribution in [-0.2, 0) is 6.54 Å². The van der Waals surface area contributed by atoms with Gasteiger partial charge >= 0.3 is 0 Å². The van der Waals surface area contributed by atoms with E-state index >= 15 is 0 Å². The molecule has 2 N–H and O–H groups in total. The molecule has 2 aliphatic heterocycles. The Morgan fingerprint density at radius 3 is 2.65 bits per heavy atom. The molecule has 5 nitrogen and oxygen atoms in total. The minimum absolute atomic E-state index is 0.302. The minimum atomic E-state index is -0.322. The molecule has 3 rings (SSSR count). The van der Waals surface area contributed by atoms with Gasteiger partial charge in [0, 0.05) is 31.7 Å². The van der Waals surface area contributed by atoms with Gasteiger partial charge in [-0.15, -0.1) is 0 Å². The number of benzene rings is 1. The highest BCUT2D eigenvalue weighted by molar-refractivity contribution is 5.80. The van der Waals surface area contributed by atoms with Crippen molar-refractivity contribution in [3.8, 4) is 5.75 Å². The number of guanidine groups is 1. The topological polar surface area (TPSA) is 48.9 Å². The van der Waals surface area contributed by atoms with Crippen LogP contribution >= 0.6 is 0 Å². The van der Waals surface area contributed by atoms with Crippen LogP contribution in [0.5, 0.6) is 5.75 Å². The SMILES string of the molecule is CCOc1ccc(CNC(=NC)NC2CC3CCCC(C2)N3C)cc1F. The van der Waals surface area contributed by atoms with Crippen molar-refractivity contribution >= 4 is 5.96 Å². The number of hydrogen-bond acceptors (Lipinski definition) is 3. The van der Waals surface area contributed by atoms with E-state index in [9.17, 15) is 4.39 Å². The van der Waals surface area contributed by atoms with Gasteiger partial charge in [0.1, 0.15) is 0 Å². The van der Waals surface area contributed by atoms with E-state index in [0.717, 1.165) is 24.4 Å². The van der Waals surface area contributed by atoms with Crippen molar-refractivity contribution in [2.45, 2.75) is 63.7 Å². The normalized spacial score (nSPS) is 26.5. The smallest absolute Gasteiger partial charge is 0.191 e. The fourth-order valence-corrected chi connectivity index (χ4v) is 4.23. The average Bonchev–Trinajstić information content (AvgIpc) is 2.61. The van der Waals surface area contributed by atoms with Crippen molar-refractivity contribution in [2.75, 3.05) is 20.7 Å². The summed E-state index contributed by atoms with van der Waals surface area (Å²) in [6.07, 6.45) is 6.25. The number of hydrogen-bond donors (Lipinski definition) is 2. The third kappa shape index (κ3) is 4.47. The maximum absolute atomic E-state index is 14.0. The second kappa shape index (κ2) is 8.71. The Labute approximate surface area is 156 Å². The second-order valence-corrected chi connectivity index (χ2v) is 7.34. The van der Waals surface area contributed by atoms with Crippen molar-refractivity contribution in [3.05, 3.63) is 29.6 Å². The number of fused-ring (bicyclic) bond motifs is 2. The van der Waals surface area contributed by atoms with E-state index in [0.29, 0.717) is 37.0 Å². The van der Waals surface area contributed by atoms with Crippen LogP contribution in [0.15, 0.2) is 23.2 Å². The lowest BCUT2D eigenvalue weighted by Crippen LogP contribution is -2.56. The van der Waals surface area contributed by atoms with Crippen molar-refractivity contribution in [2.24, 2.45) is 4.99 Å². The maximum atomic E-state index is 14.0. The summed E-state index contributed by atoms with van der Waals surface area (Å²) in [5.74, 6) is 0.765. The molecule has 2 atom stereocenters. The van der Waals surface area contributed by atoms with Crippen LogP contribution < -0.4 is 15.4 Å². The third-order valence-corrected chi connectivity index (χ3v) is 5.66. The van der Waals surface area contributed by atoms with Crippen LogP contribution in [0.1, 0.15) is 44.6 Å². The Balaban J connectivity index is 1.53. The molecule has 2 aliphatic rings. The van der Waals surface area contributed by atoms with Gasteiger partial charge in [-0.05, 0) is 57.4 Å². The summed E-state index contributed by atoms with van der Waals surface area (Å²) in [6, 6.07) is 6.89. The lowest BCUT2D eigenvalue weighted by atomic mass is 9.82. The van der Waals surface area contributed by atoms with Gasteiger partial charge in [-0.2, -0.15) is 0 Å². The fraction of sp³-hybridized carbons (Fsp3) is 0.650. The molecule has 0 radical (unpaired) electrons. The average molecular weight is 362 g/mol. The monoisotopic (exact) mass is 362 g/mol. The summed E-state index contributed by atoms with van der Waals surface area (Å²) < 4.78 is 19.2. The van der Waals surface area contributed by atoms with Gasteiger partial charge in [-0.25, -0.2) is 4.39 Å². The first-order chi connectivity index (χ1) is 12.6. The fourth-order valence-electron chi connectivity index (χ4n) is 4.23. The van der Waals surface area contributed by atoms with Gasteiger partial charge in [0.15, 0.2) is 17.5 Å².